The quantitative estimate of drug-likeness (QED) is 0.456. The van der Waals surface area contributed by atoms with Gasteiger partial charge in [0.1, 0.15) is 0 Å². The molecule has 8 heavy (non-hydrogen) atoms. The summed E-state index contributed by atoms with van der Waals surface area (Å²) in [6.07, 6.45) is 2.20. The summed E-state index contributed by atoms with van der Waals surface area (Å²) >= 11 is 0. The fourth-order valence-corrected chi connectivity index (χ4v) is 0.941. The van der Waals surface area contributed by atoms with Gasteiger partial charge in [-0.3, -0.25) is 0 Å². The molecule has 1 saturated heterocycles. The van der Waals surface area contributed by atoms with Crippen molar-refractivity contribution in [2.24, 2.45) is 0 Å². The lowest BCUT2D eigenvalue weighted by Crippen LogP contribution is -2.16. The third-order valence-corrected chi connectivity index (χ3v) is 1.43. The molecule has 1 unspecified atom stereocenters. The first-order valence-electron chi connectivity index (χ1n) is 2.88. The Balaban J connectivity index is 2.44. The molecule has 1 heterocycles. The Kier molecular flexibility index (Phi) is 1.53. The predicted molar refractivity (Wildman–Crippen MR) is 32.8 cm³/mol. The molecular formula is C6H11NO. The van der Waals surface area contributed by atoms with E-state index in [1.807, 2.05) is 0 Å². The summed E-state index contributed by atoms with van der Waals surface area (Å²) in [6.45, 7) is 2.97. The van der Waals surface area contributed by atoms with Gasteiger partial charge >= 0.3 is 0 Å². The molecule has 0 saturated carbocycles. The minimum Gasteiger partial charge on any atom is -0.516 e. The van der Waals surface area contributed by atoms with Crippen LogP contribution in [-0.4, -0.2) is 17.7 Å². The molecule has 0 aliphatic carbocycles. The average Bonchev–Trinajstić information content (AvgIpc) is 2.14. The molecule has 1 fully saturated rings. The van der Waals surface area contributed by atoms with Gasteiger partial charge in [0.15, 0.2) is 0 Å². The molecule has 2 nitrogen and oxygen atoms in total. The van der Waals surface area contributed by atoms with E-state index in [2.05, 4.69) is 12.2 Å². The summed E-state index contributed by atoms with van der Waals surface area (Å²) in [4.78, 5) is 0. The van der Waals surface area contributed by atoms with Gasteiger partial charge in [0.05, 0.1) is 6.26 Å². The summed E-state index contributed by atoms with van der Waals surface area (Å²) in [5.74, 6) is 0. The topological polar surface area (TPSA) is 32.3 Å². The maximum absolute atomic E-state index is 8.48. The molecule has 2 heteroatoms. The van der Waals surface area contributed by atoms with Gasteiger partial charge in [-0.2, -0.15) is 0 Å². The lowest BCUT2D eigenvalue weighted by Gasteiger charge is -1.94. The molecule has 0 aromatic carbocycles. The zero-order valence-electron chi connectivity index (χ0n) is 5.02. The lowest BCUT2D eigenvalue weighted by atomic mass is 10.2. The number of aliphatic hydroxyl groups is 1. The van der Waals surface area contributed by atoms with Crippen molar-refractivity contribution in [3.05, 3.63) is 11.8 Å². The maximum atomic E-state index is 8.48. The highest BCUT2D eigenvalue weighted by molar-refractivity contribution is 5.07. The van der Waals surface area contributed by atoms with Crippen LogP contribution < -0.4 is 5.32 Å². The zero-order valence-corrected chi connectivity index (χ0v) is 5.02. The van der Waals surface area contributed by atoms with Crippen molar-refractivity contribution in [1.29, 1.82) is 0 Å². The Morgan fingerprint density at radius 1 is 1.88 bits per heavy atom. The van der Waals surface area contributed by atoms with E-state index < -0.39 is 0 Å². The maximum Gasteiger partial charge on any atom is 0.0797 e. The molecule has 1 atom stereocenters. The zero-order chi connectivity index (χ0) is 5.98. The summed E-state index contributed by atoms with van der Waals surface area (Å²) in [7, 11) is 0. The molecule has 0 bridgehead atoms. The van der Waals surface area contributed by atoms with Crippen molar-refractivity contribution >= 4 is 0 Å². The van der Waals surface area contributed by atoms with E-state index in [1.165, 1.54) is 6.26 Å². The van der Waals surface area contributed by atoms with E-state index in [-0.39, 0.29) is 0 Å². The van der Waals surface area contributed by atoms with Crippen LogP contribution in [0, 0.1) is 0 Å². The Morgan fingerprint density at radius 3 is 2.88 bits per heavy atom. The predicted octanol–water partition coefficient (Wildman–Crippen LogP) is 0.810. The SMILES string of the molecule is CC1C/C(=C/O)CN1. The number of hydrogen-bond donors (Lipinski definition) is 2. The van der Waals surface area contributed by atoms with Crippen LogP contribution in [0.25, 0.3) is 0 Å². The molecule has 1 aliphatic rings. The van der Waals surface area contributed by atoms with Crippen LogP contribution in [0.5, 0.6) is 0 Å². The van der Waals surface area contributed by atoms with E-state index in [4.69, 9.17) is 5.11 Å². The third-order valence-electron chi connectivity index (χ3n) is 1.43. The molecule has 1 aliphatic heterocycles. The highest BCUT2D eigenvalue weighted by atomic mass is 16.2. The molecule has 0 spiro atoms. The molecule has 0 amide bonds. The van der Waals surface area contributed by atoms with Crippen LogP contribution >= 0.6 is 0 Å². The Morgan fingerprint density at radius 2 is 2.62 bits per heavy atom. The molecule has 2 N–H and O–H groups in total. The van der Waals surface area contributed by atoms with Gasteiger partial charge in [-0.15, -0.1) is 0 Å². The van der Waals surface area contributed by atoms with E-state index >= 15 is 0 Å². The van der Waals surface area contributed by atoms with Gasteiger partial charge < -0.3 is 10.4 Å². The first-order chi connectivity index (χ1) is 3.83. The summed E-state index contributed by atoms with van der Waals surface area (Å²) in [5.41, 5.74) is 1.11. The fraction of sp³-hybridized carbons (Fsp3) is 0.667. The average molecular weight is 113 g/mol. The monoisotopic (exact) mass is 113 g/mol. The molecule has 1 rings (SSSR count). The van der Waals surface area contributed by atoms with Gasteiger partial charge in [-0.1, -0.05) is 0 Å². The van der Waals surface area contributed by atoms with Gasteiger partial charge in [-0.25, -0.2) is 0 Å². The first-order valence-corrected chi connectivity index (χ1v) is 2.88. The van der Waals surface area contributed by atoms with Gasteiger partial charge in [0.25, 0.3) is 0 Å². The van der Waals surface area contributed by atoms with E-state index in [9.17, 15) is 0 Å². The van der Waals surface area contributed by atoms with Crippen molar-refractivity contribution in [1.82, 2.24) is 5.32 Å². The number of rotatable bonds is 0. The van der Waals surface area contributed by atoms with Gasteiger partial charge in [0.2, 0.25) is 0 Å². The summed E-state index contributed by atoms with van der Waals surface area (Å²) in [6, 6.07) is 0.549. The molecule has 0 aromatic rings. The Bertz CT molecular complexity index is 109. The second-order valence-corrected chi connectivity index (χ2v) is 2.27. The van der Waals surface area contributed by atoms with Crippen molar-refractivity contribution in [2.75, 3.05) is 6.54 Å². The minimum absolute atomic E-state index is 0.549. The molecule has 0 aromatic heterocycles. The molecule has 46 valence electrons. The summed E-state index contributed by atoms with van der Waals surface area (Å²) in [5, 5.41) is 11.7. The number of aliphatic hydroxyl groups excluding tert-OH is 1. The Labute approximate surface area is 49.2 Å². The van der Waals surface area contributed by atoms with Crippen LogP contribution in [0.3, 0.4) is 0 Å². The minimum atomic E-state index is 0.549. The molecular weight excluding hydrogens is 102 g/mol. The smallest absolute Gasteiger partial charge is 0.0797 e. The van der Waals surface area contributed by atoms with E-state index in [1.54, 1.807) is 0 Å². The van der Waals surface area contributed by atoms with Crippen LogP contribution in [0.2, 0.25) is 0 Å². The highest BCUT2D eigenvalue weighted by Crippen LogP contribution is 2.09. The number of nitrogens with one attached hydrogen (secondary N) is 1. The summed E-state index contributed by atoms with van der Waals surface area (Å²) < 4.78 is 0. The van der Waals surface area contributed by atoms with E-state index in [0.29, 0.717) is 6.04 Å². The largest absolute Gasteiger partial charge is 0.516 e. The normalized spacial score (nSPS) is 34.1. The van der Waals surface area contributed by atoms with Gasteiger partial charge in [0, 0.05) is 12.6 Å². The standard InChI is InChI=1S/C6H11NO/c1-5-2-6(4-8)3-7-5/h4-5,7-8H,2-3H2,1H3/b6-4-. The second-order valence-electron chi connectivity index (χ2n) is 2.27. The van der Waals surface area contributed by atoms with Crippen LogP contribution in [0.4, 0.5) is 0 Å². The van der Waals surface area contributed by atoms with Crippen LogP contribution in [0.15, 0.2) is 11.8 Å². The van der Waals surface area contributed by atoms with Crippen molar-refractivity contribution in [2.45, 2.75) is 19.4 Å². The van der Waals surface area contributed by atoms with Gasteiger partial charge in [-0.05, 0) is 18.9 Å². The van der Waals surface area contributed by atoms with Crippen molar-refractivity contribution < 1.29 is 5.11 Å². The van der Waals surface area contributed by atoms with Crippen molar-refractivity contribution in [3.8, 4) is 0 Å². The second kappa shape index (κ2) is 2.18. The Hall–Kier alpha value is -0.500. The number of hydrogen-bond acceptors (Lipinski definition) is 2. The first kappa shape index (κ1) is 5.63. The van der Waals surface area contributed by atoms with Crippen molar-refractivity contribution in [3.63, 3.8) is 0 Å². The van der Waals surface area contributed by atoms with Crippen LogP contribution in [-0.2, 0) is 0 Å². The lowest BCUT2D eigenvalue weighted by molar-refractivity contribution is 0.465. The highest BCUT2D eigenvalue weighted by Gasteiger charge is 2.12. The third kappa shape index (κ3) is 1.01. The fourth-order valence-electron chi connectivity index (χ4n) is 0.941. The molecule has 0 radical (unpaired) electrons. The van der Waals surface area contributed by atoms with Crippen LogP contribution in [0.1, 0.15) is 13.3 Å². The van der Waals surface area contributed by atoms with E-state index in [0.717, 1.165) is 18.5 Å².